The molecule has 1 aliphatic rings. The Kier molecular flexibility index (Phi) is 11.2. The second kappa shape index (κ2) is 16.7. The van der Waals surface area contributed by atoms with Crippen LogP contribution < -0.4 is 15.4 Å². The van der Waals surface area contributed by atoms with Crippen LogP contribution in [0.2, 0.25) is 0 Å². The molecule has 5 aromatic carbocycles. The molecule has 1 aromatic heterocycles. The lowest BCUT2D eigenvalue weighted by atomic mass is 9.91. The molecule has 1 aliphatic heterocycles. The van der Waals surface area contributed by atoms with Crippen molar-refractivity contribution in [3.05, 3.63) is 156 Å². The van der Waals surface area contributed by atoms with Crippen molar-refractivity contribution in [3.63, 3.8) is 0 Å². The van der Waals surface area contributed by atoms with Gasteiger partial charge in [0.05, 0.1) is 24.5 Å². The monoisotopic (exact) mass is 714 g/mol. The Balaban J connectivity index is 0.989. The van der Waals surface area contributed by atoms with Crippen molar-refractivity contribution < 1.29 is 24.1 Å². The van der Waals surface area contributed by atoms with Crippen LogP contribution in [0.25, 0.3) is 5.69 Å². The Labute approximate surface area is 305 Å². The summed E-state index contributed by atoms with van der Waals surface area (Å²) in [5.41, 5.74) is 5.16. The summed E-state index contributed by atoms with van der Waals surface area (Å²) in [6.07, 6.45) is -1.09. The third-order valence-corrected chi connectivity index (χ3v) is 9.75. The zero-order valence-corrected chi connectivity index (χ0v) is 29.2. The van der Waals surface area contributed by atoms with E-state index in [1.807, 2.05) is 121 Å². The van der Waals surface area contributed by atoms with Crippen LogP contribution in [-0.4, -0.2) is 43.2 Å². The van der Waals surface area contributed by atoms with Crippen LogP contribution in [0.3, 0.4) is 0 Å². The van der Waals surface area contributed by atoms with E-state index in [-0.39, 0.29) is 30.8 Å². The van der Waals surface area contributed by atoms with Crippen LogP contribution in [0.4, 0.5) is 10.5 Å². The normalized spacial score (nSPS) is 18.4. The van der Waals surface area contributed by atoms with Gasteiger partial charge in [0.25, 0.3) is 0 Å². The predicted octanol–water partition coefficient (Wildman–Crippen LogP) is 7.85. The molecule has 4 atom stereocenters. The van der Waals surface area contributed by atoms with E-state index in [9.17, 15) is 9.90 Å². The van der Waals surface area contributed by atoms with Crippen molar-refractivity contribution in [2.24, 2.45) is 5.92 Å². The third-order valence-electron chi connectivity index (χ3n) is 8.74. The number of amides is 2. The lowest BCUT2D eigenvalue weighted by Crippen LogP contribution is -2.38. The topological polar surface area (TPSA) is 133 Å². The molecule has 7 rings (SSSR count). The van der Waals surface area contributed by atoms with Crippen molar-refractivity contribution in [3.8, 4) is 17.2 Å². The van der Waals surface area contributed by atoms with Gasteiger partial charge in [0.15, 0.2) is 6.29 Å². The van der Waals surface area contributed by atoms with Crippen LogP contribution in [0.15, 0.2) is 139 Å². The summed E-state index contributed by atoms with van der Waals surface area (Å²) in [5.74, 6) is 2.02. The first-order valence-electron chi connectivity index (χ1n) is 17.0. The Hall–Kier alpha value is -5.53. The zero-order valence-electron chi connectivity index (χ0n) is 28.4. The van der Waals surface area contributed by atoms with Gasteiger partial charge in [-0.15, -0.1) is 5.10 Å². The quantitative estimate of drug-likeness (QED) is 0.108. The zero-order chi connectivity index (χ0) is 35.7. The molecule has 6 aromatic rings. The van der Waals surface area contributed by atoms with Crippen LogP contribution >= 0.6 is 11.8 Å². The molecule has 0 saturated carbocycles. The van der Waals surface area contributed by atoms with Gasteiger partial charge in [-0.3, -0.25) is 0 Å². The van der Waals surface area contributed by atoms with Crippen LogP contribution in [0, 0.1) is 5.92 Å². The SMILES string of the molecule is CC1C(CSc2nnnn2-c2ccccc2)OC(c2ccc(CNC(=O)Nc3ccc(Oc4ccccc4)cc3)cc2)OC1c1ccc(CO)cc1. The smallest absolute Gasteiger partial charge is 0.319 e. The number of para-hydroxylation sites is 2. The number of aromatic nitrogens is 4. The van der Waals surface area contributed by atoms with Gasteiger partial charge in [-0.25, -0.2) is 4.79 Å². The second-order valence-corrected chi connectivity index (χ2v) is 13.3. The minimum absolute atomic E-state index is 0.000593. The van der Waals surface area contributed by atoms with E-state index >= 15 is 0 Å². The van der Waals surface area contributed by atoms with E-state index in [4.69, 9.17) is 14.2 Å². The number of tetrazole rings is 1. The van der Waals surface area contributed by atoms with Gasteiger partial charge >= 0.3 is 6.03 Å². The maximum Gasteiger partial charge on any atom is 0.319 e. The number of aliphatic hydroxyl groups excluding tert-OH is 1. The largest absolute Gasteiger partial charge is 0.457 e. The van der Waals surface area contributed by atoms with E-state index in [0.29, 0.717) is 28.9 Å². The molecule has 1 fully saturated rings. The third kappa shape index (κ3) is 8.67. The lowest BCUT2D eigenvalue weighted by molar-refractivity contribution is -0.268. The van der Waals surface area contributed by atoms with E-state index in [1.54, 1.807) is 16.8 Å². The maximum atomic E-state index is 12.7. The molecule has 0 bridgehead atoms. The highest BCUT2D eigenvalue weighted by molar-refractivity contribution is 7.99. The summed E-state index contributed by atoms with van der Waals surface area (Å²) in [4.78, 5) is 12.7. The molecule has 11 nitrogen and oxygen atoms in total. The molecular weight excluding hydrogens is 677 g/mol. The summed E-state index contributed by atoms with van der Waals surface area (Å²) in [6, 6.07) is 41.9. The molecule has 2 heterocycles. The number of thioether (sulfide) groups is 1. The molecule has 264 valence electrons. The van der Waals surface area contributed by atoms with E-state index in [1.165, 1.54) is 11.8 Å². The molecule has 0 spiro atoms. The fraction of sp³-hybridized carbons (Fsp3) is 0.200. The molecule has 0 radical (unpaired) electrons. The number of aliphatic hydroxyl groups is 1. The standard InChI is InChI=1S/C40H38N6O5S/c1-27-36(26-52-40-43-44-45-46(40)33-8-4-2-5-9-33)50-38(51-37(27)30-16-14-29(25-47)15-17-30)31-18-12-28(13-19-31)24-41-39(48)42-32-20-22-35(23-21-32)49-34-10-6-3-7-11-34/h2-23,27,36-38,47H,24-26H2,1H3,(H2,41,42,48). The van der Waals surface area contributed by atoms with Gasteiger partial charge in [-0.2, -0.15) is 4.68 Å². The molecule has 3 N–H and O–H groups in total. The first-order valence-corrected chi connectivity index (χ1v) is 17.9. The minimum atomic E-state index is -0.631. The van der Waals surface area contributed by atoms with Crippen molar-refractivity contribution in [2.45, 2.75) is 43.7 Å². The summed E-state index contributed by atoms with van der Waals surface area (Å²) in [5, 5.41) is 28.4. The maximum absolute atomic E-state index is 12.7. The predicted molar refractivity (Wildman–Crippen MR) is 198 cm³/mol. The number of carbonyl (C=O) groups excluding carboxylic acids is 1. The van der Waals surface area contributed by atoms with Crippen LogP contribution in [0.5, 0.6) is 11.5 Å². The number of nitrogens with zero attached hydrogens (tertiary/aromatic N) is 4. The average Bonchev–Trinajstić information content (AvgIpc) is 3.67. The number of rotatable bonds is 12. The fourth-order valence-corrected chi connectivity index (χ4v) is 6.90. The van der Waals surface area contributed by atoms with Gasteiger partial charge < -0.3 is 30.0 Å². The number of nitrogens with one attached hydrogen (secondary N) is 2. The van der Waals surface area contributed by atoms with Gasteiger partial charge in [-0.1, -0.05) is 104 Å². The van der Waals surface area contributed by atoms with E-state index in [0.717, 1.165) is 33.7 Å². The van der Waals surface area contributed by atoms with Crippen LogP contribution in [-0.2, 0) is 22.6 Å². The highest BCUT2D eigenvalue weighted by Crippen LogP contribution is 2.43. The van der Waals surface area contributed by atoms with E-state index in [2.05, 4.69) is 33.1 Å². The number of benzene rings is 5. The summed E-state index contributed by atoms with van der Waals surface area (Å²) in [7, 11) is 0. The number of urea groups is 1. The number of anilines is 1. The molecule has 52 heavy (non-hydrogen) atoms. The molecule has 12 heteroatoms. The first-order chi connectivity index (χ1) is 25.5. The highest BCUT2D eigenvalue weighted by Gasteiger charge is 2.38. The highest BCUT2D eigenvalue weighted by atomic mass is 32.2. The summed E-state index contributed by atoms with van der Waals surface area (Å²) < 4.78 is 20.8. The molecule has 2 amide bonds. The number of hydrogen-bond donors (Lipinski definition) is 3. The Morgan fingerprint density at radius 3 is 2.17 bits per heavy atom. The number of ether oxygens (including phenoxy) is 3. The Morgan fingerprint density at radius 1 is 0.808 bits per heavy atom. The number of carbonyl (C=O) groups is 1. The van der Waals surface area contributed by atoms with Gasteiger partial charge in [-0.05, 0) is 75.6 Å². The van der Waals surface area contributed by atoms with Crippen molar-refractivity contribution in [1.29, 1.82) is 0 Å². The van der Waals surface area contributed by atoms with Gasteiger partial charge in [0.2, 0.25) is 5.16 Å². The summed E-state index contributed by atoms with van der Waals surface area (Å²) in [6.45, 7) is 2.43. The van der Waals surface area contributed by atoms with Gasteiger partial charge in [0, 0.05) is 29.5 Å². The van der Waals surface area contributed by atoms with Crippen molar-refractivity contribution in [2.75, 3.05) is 11.1 Å². The molecular formula is C40H38N6O5S. The molecule has 1 saturated heterocycles. The van der Waals surface area contributed by atoms with Crippen molar-refractivity contribution in [1.82, 2.24) is 25.5 Å². The fourth-order valence-electron chi connectivity index (χ4n) is 5.85. The number of hydrogen-bond acceptors (Lipinski definition) is 9. The van der Waals surface area contributed by atoms with Crippen LogP contribution in [0.1, 0.15) is 41.6 Å². The Bertz CT molecular complexity index is 2030. The van der Waals surface area contributed by atoms with E-state index < -0.39 is 6.29 Å². The summed E-state index contributed by atoms with van der Waals surface area (Å²) >= 11 is 1.53. The molecule has 4 unspecified atom stereocenters. The molecule has 0 aliphatic carbocycles. The second-order valence-electron chi connectivity index (χ2n) is 12.3. The minimum Gasteiger partial charge on any atom is -0.457 e. The Morgan fingerprint density at radius 2 is 1.46 bits per heavy atom. The lowest BCUT2D eigenvalue weighted by Gasteiger charge is -2.41. The van der Waals surface area contributed by atoms with Gasteiger partial charge in [0.1, 0.15) is 11.5 Å². The first kappa shape index (κ1) is 34.9. The van der Waals surface area contributed by atoms with Crippen molar-refractivity contribution >= 4 is 23.5 Å². The average molecular weight is 715 g/mol.